The van der Waals surface area contributed by atoms with Gasteiger partial charge in [-0.25, -0.2) is 4.98 Å². The maximum Gasteiger partial charge on any atom is 0.262 e. The van der Waals surface area contributed by atoms with Gasteiger partial charge in [0.1, 0.15) is 6.61 Å². The molecular weight excluding hydrogens is 384 g/mol. The molecule has 1 aromatic carbocycles. The number of hydrogen-bond donors (Lipinski definition) is 0. The molecule has 1 fully saturated rings. The molecule has 0 unspecified atom stereocenters. The Kier molecular flexibility index (Phi) is 4.90. The molecule has 8 nitrogen and oxygen atoms in total. The molecule has 0 aliphatic carbocycles. The molecule has 8 heteroatoms. The van der Waals surface area contributed by atoms with Gasteiger partial charge in [0, 0.05) is 31.0 Å². The van der Waals surface area contributed by atoms with Crippen molar-refractivity contribution in [3.8, 4) is 11.6 Å². The van der Waals surface area contributed by atoms with Crippen LogP contribution in [-0.2, 0) is 0 Å². The normalized spacial score (nSPS) is 16.3. The maximum absolute atomic E-state index is 12.8. The van der Waals surface area contributed by atoms with E-state index in [1.165, 1.54) is 6.42 Å². The van der Waals surface area contributed by atoms with Gasteiger partial charge in [0.25, 0.3) is 11.8 Å². The number of carbonyl (C=O) groups is 1. The van der Waals surface area contributed by atoms with Crippen molar-refractivity contribution < 1.29 is 18.8 Å². The van der Waals surface area contributed by atoms with E-state index in [1.54, 1.807) is 6.20 Å². The Morgan fingerprint density at radius 1 is 1.17 bits per heavy atom. The zero-order valence-electron chi connectivity index (χ0n) is 17.0. The summed E-state index contributed by atoms with van der Waals surface area (Å²) in [5, 5.41) is 4.83. The molecule has 0 radical (unpaired) electrons. The molecule has 0 N–H and O–H groups in total. The number of hydrogen-bond acceptors (Lipinski definition) is 7. The molecule has 2 aliphatic heterocycles. The Balaban J connectivity index is 1.44. The van der Waals surface area contributed by atoms with Crippen molar-refractivity contribution in [3.05, 3.63) is 36.0 Å². The van der Waals surface area contributed by atoms with Gasteiger partial charge in [-0.15, -0.1) is 0 Å². The van der Waals surface area contributed by atoms with Gasteiger partial charge in [0.15, 0.2) is 17.2 Å². The molecule has 2 aromatic heterocycles. The molecular formula is C22H24N4O4. The van der Waals surface area contributed by atoms with E-state index in [0.717, 1.165) is 37.0 Å². The molecule has 2 aliphatic rings. The van der Waals surface area contributed by atoms with Gasteiger partial charge >= 0.3 is 0 Å². The SMILES string of the molecule is CCOc1noc2cc(N3CCOc4cc(C(=O)N5CCCCC5)cnc43)ccc12. The number of aromatic nitrogens is 2. The third-order valence-electron chi connectivity index (χ3n) is 5.57. The quantitative estimate of drug-likeness (QED) is 0.650. The predicted octanol–water partition coefficient (Wildman–Crippen LogP) is 3.78. The van der Waals surface area contributed by atoms with Crippen molar-refractivity contribution in [2.45, 2.75) is 26.2 Å². The molecule has 1 saturated heterocycles. The van der Waals surface area contributed by atoms with Crippen LogP contribution >= 0.6 is 0 Å². The van der Waals surface area contributed by atoms with Crippen LogP contribution < -0.4 is 14.4 Å². The van der Waals surface area contributed by atoms with Crippen LogP contribution in [0.2, 0.25) is 0 Å². The number of amides is 1. The van der Waals surface area contributed by atoms with Crippen molar-refractivity contribution in [1.82, 2.24) is 15.0 Å². The molecule has 4 heterocycles. The fourth-order valence-electron chi connectivity index (χ4n) is 4.06. The van der Waals surface area contributed by atoms with Crippen LogP contribution in [0.5, 0.6) is 11.6 Å². The minimum Gasteiger partial charge on any atom is -0.488 e. The second-order valence-electron chi connectivity index (χ2n) is 7.50. The van der Waals surface area contributed by atoms with Crippen molar-refractivity contribution in [1.29, 1.82) is 0 Å². The molecule has 0 saturated carbocycles. The van der Waals surface area contributed by atoms with Crippen molar-refractivity contribution in [3.63, 3.8) is 0 Å². The van der Waals surface area contributed by atoms with Gasteiger partial charge in [0.05, 0.1) is 24.1 Å². The number of rotatable bonds is 4. The lowest BCUT2D eigenvalue weighted by molar-refractivity contribution is 0.0723. The molecule has 156 valence electrons. The molecule has 30 heavy (non-hydrogen) atoms. The van der Waals surface area contributed by atoms with Crippen LogP contribution in [0.1, 0.15) is 36.5 Å². The minimum absolute atomic E-state index is 0.0252. The topological polar surface area (TPSA) is 80.9 Å². The van der Waals surface area contributed by atoms with E-state index < -0.39 is 0 Å². The summed E-state index contributed by atoms with van der Waals surface area (Å²) < 4.78 is 16.8. The highest BCUT2D eigenvalue weighted by Crippen LogP contribution is 2.37. The fourth-order valence-corrected chi connectivity index (χ4v) is 4.06. The predicted molar refractivity (Wildman–Crippen MR) is 112 cm³/mol. The van der Waals surface area contributed by atoms with Gasteiger partial charge in [-0.1, -0.05) is 0 Å². The first-order valence-electron chi connectivity index (χ1n) is 10.5. The molecule has 3 aromatic rings. The highest BCUT2D eigenvalue weighted by Gasteiger charge is 2.25. The van der Waals surface area contributed by atoms with E-state index in [9.17, 15) is 4.79 Å². The molecule has 0 bridgehead atoms. The zero-order valence-corrected chi connectivity index (χ0v) is 17.0. The molecule has 0 spiro atoms. The minimum atomic E-state index is 0.0252. The van der Waals surface area contributed by atoms with E-state index >= 15 is 0 Å². The smallest absolute Gasteiger partial charge is 0.262 e. The number of benzene rings is 1. The van der Waals surface area contributed by atoms with Crippen LogP contribution in [0.25, 0.3) is 11.0 Å². The Morgan fingerprint density at radius 2 is 2.03 bits per heavy atom. The lowest BCUT2D eigenvalue weighted by Crippen LogP contribution is -2.36. The monoisotopic (exact) mass is 408 g/mol. The summed E-state index contributed by atoms with van der Waals surface area (Å²) in [4.78, 5) is 21.4. The summed E-state index contributed by atoms with van der Waals surface area (Å²) in [5.74, 6) is 1.84. The Bertz CT molecular complexity index is 1070. The summed E-state index contributed by atoms with van der Waals surface area (Å²) in [7, 11) is 0. The van der Waals surface area contributed by atoms with Crippen LogP contribution in [-0.4, -0.2) is 53.8 Å². The van der Waals surface area contributed by atoms with Crippen LogP contribution in [0.3, 0.4) is 0 Å². The highest BCUT2D eigenvalue weighted by atomic mass is 16.5. The van der Waals surface area contributed by atoms with E-state index in [2.05, 4.69) is 15.0 Å². The second-order valence-corrected chi connectivity index (χ2v) is 7.50. The second kappa shape index (κ2) is 7.85. The number of pyridine rings is 1. The van der Waals surface area contributed by atoms with Crippen molar-refractivity contribution in [2.24, 2.45) is 0 Å². The summed E-state index contributed by atoms with van der Waals surface area (Å²) in [6, 6.07) is 7.67. The van der Waals surface area contributed by atoms with Crippen LogP contribution in [0.15, 0.2) is 35.0 Å². The summed E-state index contributed by atoms with van der Waals surface area (Å²) in [5.41, 5.74) is 2.15. The number of anilines is 2. The first-order valence-corrected chi connectivity index (χ1v) is 10.5. The third-order valence-corrected chi connectivity index (χ3v) is 5.57. The van der Waals surface area contributed by atoms with Gasteiger partial charge in [0.2, 0.25) is 0 Å². The molecule has 1 amide bonds. The largest absolute Gasteiger partial charge is 0.488 e. The average Bonchev–Trinajstić information content (AvgIpc) is 3.20. The van der Waals surface area contributed by atoms with Crippen molar-refractivity contribution >= 4 is 28.4 Å². The fraction of sp³-hybridized carbons (Fsp3) is 0.409. The number of fused-ring (bicyclic) bond motifs is 2. The van der Waals surface area contributed by atoms with Gasteiger partial charge in [-0.3, -0.25) is 4.79 Å². The number of likely N-dealkylation sites (tertiary alicyclic amines) is 1. The highest BCUT2D eigenvalue weighted by molar-refractivity contribution is 5.95. The van der Waals surface area contributed by atoms with E-state index in [0.29, 0.717) is 48.4 Å². The maximum atomic E-state index is 12.8. The summed E-state index contributed by atoms with van der Waals surface area (Å²) >= 11 is 0. The van der Waals surface area contributed by atoms with Crippen LogP contribution in [0.4, 0.5) is 11.5 Å². The van der Waals surface area contributed by atoms with E-state index in [-0.39, 0.29) is 5.91 Å². The Hall–Kier alpha value is -3.29. The van der Waals surface area contributed by atoms with Crippen LogP contribution in [0, 0.1) is 0 Å². The molecule has 5 rings (SSSR count). The van der Waals surface area contributed by atoms with Crippen molar-refractivity contribution in [2.75, 3.05) is 37.7 Å². The number of carbonyl (C=O) groups excluding carboxylic acids is 1. The van der Waals surface area contributed by atoms with Gasteiger partial charge < -0.3 is 23.8 Å². The Labute approximate surface area is 174 Å². The summed E-state index contributed by atoms with van der Waals surface area (Å²) in [6.07, 6.45) is 4.95. The van der Waals surface area contributed by atoms with Gasteiger partial charge in [-0.2, -0.15) is 0 Å². The first-order chi connectivity index (χ1) is 14.7. The number of piperidine rings is 1. The number of ether oxygens (including phenoxy) is 2. The standard InChI is InChI=1S/C22H24N4O4/c1-2-28-21-17-7-6-16(13-18(17)30-24-21)26-10-11-29-19-12-15(14-23-20(19)26)22(27)25-8-4-3-5-9-25/h6-7,12-14H,2-5,8-11H2,1H3. The van der Waals surface area contributed by atoms with E-state index in [1.807, 2.05) is 36.1 Å². The van der Waals surface area contributed by atoms with Gasteiger partial charge in [-0.05, 0) is 49.5 Å². The average molecular weight is 408 g/mol. The first kappa shape index (κ1) is 18.7. The zero-order chi connectivity index (χ0) is 20.5. The third kappa shape index (κ3) is 3.32. The van der Waals surface area contributed by atoms with E-state index in [4.69, 9.17) is 14.0 Å². The summed E-state index contributed by atoms with van der Waals surface area (Å²) in [6.45, 7) is 5.22. The molecule has 0 atom stereocenters. The number of nitrogens with zero attached hydrogens (tertiary/aromatic N) is 4. The Morgan fingerprint density at radius 3 is 2.87 bits per heavy atom. The lowest BCUT2D eigenvalue weighted by Gasteiger charge is -2.31. The lowest BCUT2D eigenvalue weighted by atomic mass is 10.1.